The van der Waals surface area contributed by atoms with E-state index in [9.17, 15) is 4.79 Å². The fourth-order valence-electron chi connectivity index (χ4n) is 1.95. The van der Waals surface area contributed by atoms with Crippen LogP contribution in [-0.2, 0) is 4.74 Å². The van der Waals surface area contributed by atoms with Crippen LogP contribution in [0, 0.1) is 0 Å². The highest BCUT2D eigenvalue weighted by atomic mass is 32.1. The smallest absolute Gasteiger partial charge is 0.275 e. The molecule has 2 heterocycles. The summed E-state index contributed by atoms with van der Waals surface area (Å²) in [6.07, 6.45) is 0.904. The van der Waals surface area contributed by atoms with E-state index in [4.69, 9.17) is 4.74 Å². The Morgan fingerprint density at radius 2 is 2.50 bits per heavy atom. The van der Waals surface area contributed by atoms with E-state index < -0.39 is 0 Å². The van der Waals surface area contributed by atoms with Gasteiger partial charge in [-0.15, -0.1) is 5.10 Å². The molecule has 0 aliphatic carbocycles. The van der Waals surface area contributed by atoms with Gasteiger partial charge in [-0.05, 0) is 31.8 Å². The van der Waals surface area contributed by atoms with Crippen molar-refractivity contribution in [1.82, 2.24) is 14.5 Å². The molecular formula is C10H15N3O2S. The maximum Gasteiger partial charge on any atom is 0.275 e. The molecule has 1 amide bonds. The van der Waals surface area contributed by atoms with Gasteiger partial charge in [-0.25, -0.2) is 0 Å². The summed E-state index contributed by atoms with van der Waals surface area (Å²) in [5.41, 5.74) is 0.436. The average molecular weight is 241 g/mol. The summed E-state index contributed by atoms with van der Waals surface area (Å²) < 4.78 is 9.05. The third-order valence-electron chi connectivity index (χ3n) is 2.67. The Morgan fingerprint density at radius 1 is 1.69 bits per heavy atom. The standard InChI is InChI=1S/C10H15N3O2S/c1-7(2)13(8-3-4-15-5-8)10(14)9-6-16-12-11-9/h6-8H,3-5H2,1-2H3. The van der Waals surface area contributed by atoms with Crippen LogP contribution in [0.1, 0.15) is 30.8 Å². The SMILES string of the molecule is CC(C)N(C(=O)c1csnn1)C1CCOC1. The molecule has 2 rings (SSSR count). The molecule has 0 spiro atoms. The summed E-state index contributed by atoms with van der Waals surface area (Å²) in [6.45, 7) is 5.38. The highest BCUT2D eigenvalue weighted by Gasteiger charge is 2.31. The highest BCUT2D eigenvalue weighted by Crippen LogP contribution is 2.18. The van der Waals surface area contributed by atoms with Gasteiger partial charge in [-0.1, -0.05) is 4.49 Å². The van der Waals surface area contributed by atoms with Gasteiger partial charge in [0.2, 0.25) is 0 Å². The largest absolute Gasteiger partial charge is 0.379 e. The minimum atomic E-state index is -0.0424. The van der Waals surface area contributed by atoms with Gasteiger partial charge >= 0.3 is 0 Å². The number of amides is 1. The Hall–Kier alpha value is -1.01. The normalized spacial score (nSPS) is 20.3. The van der Waals surface area contributed by atoms with E-state index in [1.807, 2.05) is 18.7 Å². The molecule has 0 saturated carbocycles. The minimum Gasteiger partial charge on any atom is -0.379 e. The van der Waals surface area contributed by atoms with E-state index in [0.717, 1.165) is 13.0 Å². The third-order valence-corrected chi connectivity index (χ3v) is 3.17. The van der Waals surface area contributed by atoms with Gasteiger partial charge in [0.1, 0.15) is 0 Å². The minimum absolute atomic E-state index is 0.0424. The summed E-state index contributed by atoms with van der Waals surface area (Å²) in [5.74, 6) is -0.0424. The number of carbonyl (C=O) groups is 1. The van der Waals surface area contributed by atoms with Crippen LogP contribution in [0.3, 0.4) is 0 Å². The van der Waals surface area contributed by atoms with Crippen molar-refractivity contribution in [2.24, 2.45) is 0 Å². The molecule has 1 aromatic rings. The van der Waals surface area contributed by atoms with Crippen molar-refractivity contribution in [3.8, 4) is 0 Å². The maximum absolute atomic E-state index is 12.2. The highest BCUT2D eigenvalue weighted by molar-refractivity contribution is 7.03. The number of nitrogens with zero attached hydrogens (tertiary/aromatic N) is 3. The van der Waals surface area contributed by atoms with Gasteiger partial charge in [0.15, 0.2) is 5.69 Å². The molecule has 0 bridgehead atoms. The van der Waals surface area contributed by atoms with Crippen LogP contribution in [0.2, 0.25) is 0 Å². The maximum atomic E-state index is 12.2. The van der Waals surface area contributed by atoms with Gasteiger partial charge in [0.05, 0.1) is 12.6 Å². The summed E-state index contributed by atoms with van der Waals surface area (Å²) in [4.78, 5) is 14.1. The quantitative estimate of drug-likeness (QED) is 0.797. The fourth-order valence-corrected chi connectivity index (χ4v) is 2.38. The van der Waals surface area contributed by atoms with Crippen LogP contribution >= 0.6 is 11.5 Å². The van der Waals surface area contributed by atoms with E-state index in [0.29, 0.717) is 12.3 Å². The van der Waals surface area contributed by atoms with Crippen LogP contribution in [0.15, 0.2) is 5.38 Å². The Balaban J connectivity index is 2.16. The van der Waals surface area contributed by atoms with E-state index in [-0.39, 0.29) is 18.0 Å². The van der Waals surface area contributed by atoms with Crippen molar-refractivity contribution in [2.75, 3.05) is 13.2 Å². The first-order valence-corrected chi connectivity index (χ1v) is 6.21. The molecule has 1 fully saturated rings. The molecule has 0 radical (unpaired) electrons. The Morgan fingerprint density at radius 3 is 3.00 bits per heavy atom. The molecular weight excluding hydrogens is 226 g/mol. The third kappa shape index (κ3) is 2.22. The van der Waals surface area contributed by atoms with Crippen LogP contribution < -0.4 is 0 Å². The molecule has 0 N–H and O–H groups in total. The first-order valence-electron chi connectivity index (χ1n) is 5.37. The number of carbonyl (C=O) groups excluding carboxylic acids is 1. The van der Waals surface area contributed by atoms with E-state index in [1.54, 1.807) is 5.38 Å². The summed E-state index contributed by atoms with van der Waals surface area (Å²) in [5, 5.41) is 5.52. The van der Waals surface area contributed by atoms with Crippen LogP contribution in [0.5, 0.6) is 0 Å². The zero-order valence-electron chi connectivity index (χ0n) is 9.42. The molecule has 88 valence electrons. The van der Waals surface area contributed by atoms with Crippen molar-refractivity contribution in [3.63, 3.8) is 0 Å². The first-order chi connectivity index (χ1) is 7.70. The van der Waals surface area contributed by atoms with Gasteiger partial charge in [-0.3, -0.25) is 4.79 Å². The Kier molecular flexibility index (Phi) is 3.50. The van der Waals surface area contributed by atoms with Gasteiger partial charge in [0, 0.05) is 18.0 Å². The number of hydrogen-bond acceptors (Lipinski definition) is 5. The molecule has 0 aromatic carbocycles. The summed E-state index contributed by atoms with van der Waals surface area (Å²) in [7, 11) is 0. The van der Waals surface area contributed by atoms with Gasteiger partial charge < -0.3 is 9.64 Å². The van der Waals surface area contributed by atoms with Crippen molar-refractivity contribution < 1.29 is 9.53 Å². The van der Waals surface area contributed by atoms with Gasteiger partial charge in [-0.2, -0.15) is 0 Å². The average Bonchev–Trinajstić information content (AvgIpc) is 2.89. The Labute approximate surface area is 98.6 Å². The van der Waals surface area contributed by atoms with E-state index in [2.05, 4.69) is 9.59 Å². The predicted octanol–water partition coefficient (Wildman–Crippen LogP) is 1.18. The van der Waals surface area contributed by atoms with Crippen LogP contribution in [0.4, 0.5) is 0 Å². The number of ether oxygens (including phenoxy) is 1. The van der Waals surface area contributed by atoms with Crippen molar-refractivity contribution in [1.29, 1.82) is 0 Å². The molecule has 5 nitrogen and oxygen atoms in total. The van der Waals surface area contributed by atoms with Crippen molar-refractivity contribution >= 4 is 17.4 Å². The van der Waals surface area contributed by atoms with Gasteiger partial charge in [0.25, 0.3) is 5.91 Å². The molecule has 16 heavy (non-hydrogen) atoms. The van der Waals surface area contributed by atoms with Crippen molar-refractivity contribution in [3.05, 3.63) is 11.1 Å². The van der Waals surface area contributed by atoms with Crippen molar-refractivity contribution in [2.45, 2.75) is 32.4 Å². The molecule has 1 atom stereocenters. The second-order valence-electron chi connectivity index (χ2n) is 4.11. The fraction of sp³-hybridized carbons (Fsp3) is 0.700. The zero-order chi connectivity index (χ0) is 11.5. The zero-order valence-corrected chi connectivity index (χ0v) is 10.2. The summed E-state index contributed by atoms with van der Waals surface area (Å²) >= 11 is 1.20. The molecule has 1 aromatic heterocycles. The van der Waals surface area contributed by atoms with E-state index >= 15 is 0 Å². The van der Waals surface area contributed by atoms with E-state index in [1.165, 1.54) is 11.5 Å². The lowest BCUT2D eigenvalue weighted by Gasteiger charge is -2.31. The lowest BCUT2D eigenvalue weighted by atomic mass is 10.1. The molecule has 1 saturated heterocycles. The number of aromatic nitrogens is 2. The molecule has 1 aliphatic heterocycles. The topological polar surface area (TPSA) is 55.3 Å². The second kappa shape index (κ2) is 4.88. The monoisotopic (exact) mass is 241 g/mol. The number of rotatable bonds is 3. The lowest BCUT2D eigenvalue weighted by Crippen LogP contribution is -2.45. The van der Waals surface area contributed by atoms with Crippen LogP contribution in [-0.4, -0.2) is 45.7 Å². The number of hydrogen-bond donors (Lipinski definition) is 0. The second-order valence-corrected chi connectivity index (χ2v) is 4.72. The molecule has 6 heteroatoms. The Bertz CT molecular complexity index is 347. The predicted molar refractivity (Wildman–Crippen MR) is 60.4 cm³/mol. The lowest BCUT2D eigenvalue weighted by molar-refractivity contribution is 0.0575. The molecule has 1 aliphatic rings. The summed E-state index contributed by atoms with van der Waals surface area (Å²) in [6, 6.07) is 0.329. The molecule has 1 unspecified atom stereocenters. The first kappa shape index (κ1) is 11.5. The van der Waals surface area contributed by atoms with Crippen LogP contribution in [0.25, 0.3) is 0 Å².